The third-order valence-corrected chi connectivity index (χ3v) is 7.05. The van der Waals surface area contributed by atoms with E-state index in [1.165, 1.54) is 42.4 Å². The van der Waals surface area contributed by atoms with Crippen molar-refractivity contribution in [1.29, 1.82) is 0 Å². The average molecular weight is 414 g/mol. The Morgan fingerprint density at radius 1 is 1.29 bits per heavy atom. The molecule has 1 aliphatic carbocycles. The molecule has 1 saturated carbocycles. The van der Waals surface area contributed by atoms with E-state index < -0.39 is 0 Å². The number of nitrogens with one attached hydrogen (secondary N) is 2. The van der Waals surface area contributed by atoms with Gasteiger partial charge in [-0.25, -0.2) is 4.98 Å². The first-order valence-corrected chi connectivity index (χ1v) is 11.5. The van der Waals surface area contributed by atoms with Crippen LogP contribution in [0.4, 0.5) is 0 Å². The second-order valence-corrected chi connectivity index (χ2v) is 9.11. The van der Waals surface area contributed by atoms with Gasteiger partial charge in [0.05, 0.1) is 11.1 Å². The number of thioether (sulfide) groups is 1. The monoisotopic (exact) mass is 413 g/mol. The van der Waals surface area contributed by atoms with E-state index >= 15 is 0 Å². The fraction of sp³-hybridized carbons (Fsp3) is 0.381. The Bertz CT molecular complexity index is 1030. The number of amides is 1. The molecular formula is C21H23N3O2S2. The van der Waals surface area contributed by atoms with Crippen LogP contribution in [0.1, 0.15) is 32.6 Å². The Morgan fingerprint density at radius 3 is 2.86 bits per heavy atom. The van der Waals surface area contributed by atoms with Gasteiger partial charge < -0.3 is 10.3 Å². The molecular weight excluding hydrogens is 390 g/mol. The summed E-state index contributed by atoms with van der Waals surface area (Å²) in [6.07, 6.45) is 4.65. The van der Waals surface area contributed by atoms with Crippen LogP contribution in [0.2, 0.25) is 0 Å². The lowest BCUT2D eigenvalue weighted by atomic mass is 9.86. The van der Waals surface area contributed by atoms with E-state index in [0.29, 0.717) is 21.3 Å². The number of H-pyrrole nitrogens is 1. The second kappa shape index (κ2) is 8.49. The minimum Gasteiger partial charge on any atom is -0.352 e. The first-order chi connectivity index (χ1) is 13.6. The number of carbonyl (C=O) groups is 1. The number of nitrogens with zero attached hydrogens (tertiary/aromatic N) is 1. The molecule has 7 heteroatoms. The fourth-order valence-electron chi connectivity index (χ4n) is 3.74. The molecule has 2 heterocycles. The number of hydrogen-bond acceptors (Lipinski definition) is 5. The fourth-order valence-corrected chi connectivity index (χ4v) is 5.42. The molecule has 5 nitrogen and oxygen atoms in total. The van der Waals surface area contributed by atoms with Crippen LogP contribution in [0, 0.1) is 5.92 Å². The van der Waals surface area contributed by atoms with Crippen LogP contribution in [-0.4, -0.2) is 27.7 Å². The predicted octanol–water partition coefficient (Wildman–Crippen LogP) is 4.44. The normalized spacial score (nSPS) is 19.6. The summed E-state index contributed by atoms with van der Waals surface area (Å²) in [6, 6.07) is 10.1. The van der Waals surface area contributed by atoms with Gasteiger partial charge in [-0.05, 0) is 24.3 Å². The zero-order chi connectivity index (χ0) is 19.5. The molecule has 3 aromatic rings. The summed E-state index contributed by atoms with van der Waals surface area (Å²) >= 11 is 2.74. The van der Waals surface area contributed by atoms with E-state index in [4.69, 9.17) is 0 Å². The molecule has 0 saturated heterocycles. The quantitative estimate of drug-likeness (QED) is 0.479. The Morgan fingerprint density at radius 2 is 2.07 bits per heavy atom. The van der Waals surface area contributed by atoms with E-state index in [1.54, 1.807) is 0 Å². The molecule has 1 aliphatic rings. The Kier molecular flexibility index (Phi) is 5.82. The molecule has 2 aromatic heterocycles. The highest BCUT2D eigenvalue weighted by Crippen LogP contribution is 2.31. The van der Waals surface area contributed by atoms with Gasteiger partial charge in [0.15, 0.2) is 5.16 Å². The molecule has 0 unspecified atom stereocenters. The van der Waals surface area contributed by atoms with E-state index in [-0.39, 0.29) is 23.3 Å². The van der Waals surface area contributed by atoms with Crippen LogP contribution in [0.5, 0.6) is 0 Å². The molecule has 0 spiro atoms. The maximum atomic E-state index is 12.7. The zero-order valence-corrected chi connectivity index (χ0v) is 17.4. The number of carbonyl (C=O) groups excluding carboxylic acids is 1. The number of fused-ring (bicyclic) bond motifs is 1. The molecule has 146 valence electrons. The first kappa shape index (κ1) is 19.2. The lowest BCUT2D eigenvalue weighted by molar-refractivity contribution is -0.119. The van der Waals surface area contributed by atoms with Gasteiger partial charge in [0, 0.05) is 17.0 Å². The molecule has 2 N–H and O–H groups in total. The molecule has 1 amide bonds. The molecule has 0 bridgehead atoms. The summed E-state index contributed by atoms with van der Waals surface area (Å²) < 4.78 is 0. The summed E-state index contributed by atoms with van der Waals surface area (Å²) in [5.74, 6) is 0.788. The van der Waals surface area contributed by atoms with Gasteiger partial charge in [-0.3, -0.25) is 9.59 Å². The Labute approximate surface area is 172 Å². The van der Waals surface area contributed by atoms with Gasteiger partial charge in [-0.15, -0.1) is 11.3 Å². The maximum Gasteiger partial charge on any atom is 0.260 e. The summed E-state index contributed by atoms with van der Waals surface area (Å²) in [7, 11) is 0. The molecule has 1 aromatic carbocycles. The van der Waals surface area contributed by atoms with Crippen molar-refractivity contribution in [1.82, 2.24) is 15.3 Å². The zero-order valence-electron chi connectivity index (χ0n) is 15.7. The summed E-state index contributed by atoms with van der Waals surface area (Å²) in [4.78, 5) is 33.1. The lowest BCUT2D eigenvalue weighted by Gasteiger charge is -2.29. The van der Waals surface area contributed by atoms with Crippen LogP contribution in [0.15, 0.2) is 45.7 Å². The standard InChI is InChI=1S/C21H23N3O2S2/c1-13-7-5-6-10-16(13)22-17(25)12-28-21-23-19(26)18-15(11-27-20(18)24-21)14-8-3-2-4-9-14/h2-4,8-9,11,13,16H,5-7,10,12H2,1H3,(H,22,25)(H,23,24,26)/t13-,16-/m0/s1. The minimum absolute atomic E-state index is 0.00245. The number of thiophene rings is 1. The molecule has 2 atom stereocenters. The predicted molar refractivity (Wildman–Crippen MR) is 116 cm³/mol. The highest BCUT2D eigenvalue weighted by Gasteiger charge is 2.23. The maximum absolute atomic E-state index is 12.7. The summed E-state index contributed by atoms with van der Waals surface area (Å²) in [5.41, 5.74) is 1.74. The van der Waals surface area contributed by atoms with E-state index in [9.17, 15) is 9.59 Å². The third kappa shape index (κ3) is 4.15. The highest BCUT2D eigenvalue weighted by atomic mass is 32.2. The molecule has 4 rings (SSSR count). The SMILES string of the molecule is C[C@H]1CCCC[C@@H]1NC(=O)CSc1nc2scc(-c3ccccc3)c2c(=O)[nH]1. The number of rotatable bonds is 5. The molecule has 0 radical (unpaired) electrons. The second-order valence-electron chi connectivity index (χ2n) is 7.29. The van der Waals surface area contributed by atoms with E-state index in [0.717, 1.165) is 17.5 Å². The van der Waals surface area contributed by atoms with Gasteiger partial charge >= 0.3 is 0 Å². The smallest absolute Gasteiger partial charge is 0.260 e. The molecule has 0 aliphatic heterocycles. The topological polar surface area (TPSA) is 74.8 Å². The largest absolute Gasteiger partial charge is 0.352 e. The van der Waals surface area contributed by atoms with Crippen molar-refractivity contribution in [2.75, 3.05) is 5.75 Å². The van der Waals surface area contributed by atoms with Crippen LogP contribution >= 0.6 is 23.1 Å². The van der Waals surface area contributed by atoms with E-state index in [1.807, 2.05) is 35.7 Å². The first-order valence-electron chi connectivity index (χ1n) is 9.61. The number of aromatic nitrogens is 2. The Hall–Kier alpha value is -2.12. The highest BCUT2D eigenvalue weighted by molar-refractivity contribution is 7.99. The number of aromatic amines is 1. The van der Waals surface area contributed by atoms with Gasteiger partial charge in [0.25, 0.3) is 5.56 Å². The van der Waals surface area contributed by atoms with Gasteiger partial charge in [-0.1, -0.05) is 61.9 Å². The lowest BCUT2D eigenvalue weighted by Crippen LogP contribution is -2.41. The van der Waals surface area contributed by atoms with Crippen LogP contribution in [-0.2, 0) is 4.79 Å². The molecule has 1 fully saturated rings. The van der Waals surface area contributed by atoms with Gasteiger partial charge in [0.1, 0.15) is 4.83 Å². The van der Waals surface area contributed by atoms with Crippen molar-refractivity contribution in [3.05, 3.63) is 46.1 Å². The van der Waals surface area contributed by atoms with Gasteiger partial charge in [0.2, 0.25) is 5.91 Å². The summed E-state index contributed by atoms with van der Waals surface area (Å²) in [5, 5.41) is 6.21. The number of hydrogen-bond donors (Lipinski definition) is 2. The van der Waals surface area contributed by atoms with Crippen LogP contribution < -0.4 is 10.9 Å². The van der Waals surface area contributed by atoms with Crippen molar-refractivity contribution in [3.63, 3.8) is 0 Å². The third-order valence-electron chi connectivity index (χ3n) is 5.30. The summed E-state index contributed by atoms with van der Waals surface area (Å²) in [6.45, 7) is 2.20. The minimum atomic E-state index is -0.158. The van der Waals surface area contributed by atoms with Crippen molar-refractivity contribution < 1.29 is 4.79 Å². The molecule has 28 heavy (non-hydrogen) atoms. The van der Waals surface area contributed by atoms with E-state index in [2.05, 4.69) is 22.2 Å². The van der Waals surface area contributed by atoms with Crippen molar-refractivity contribution in [3.8, 4) is 11.1 Å². The Balaban J connectivity index is 1.46. The number of benzene rings is 1. The van der Waals surface area contributed by atoms with Crippen molar-refractivity contribution in [2.45, 2.75) is 43.8 Å². The average Bonchev–Trinajstić information content (AvgIpc) is 3.13. The van der Waals surface area contributed by atoms with Crippen LogP contribution in [0.3, 0.4) is 0 Å². The van der Waals surface area contributed by atoms with Crippen LogP contribution in [0.25, 0.3) is 21.3 Å². The van der Waals surface area contributed by atoms with Gasteiger partial charge in [-0.2, -0.15) is 0 Å². The van der Waals surface area contributed by atoms with Crippen molar-refractivity contribution in [2.24, 2.45) is 5.92 Å². The van der Waals surface area contributed by atoms with Crippen molar-refractivity contribution >= 4 is 39.2 Å².